The van der Waals surface area contributed by atoms with Crippen LogP contribution in [0.3, 0.4) is 0 Å². The molecule has 0 saturated heterocycles. The minimum atomic E-state index is 0.680. The average molecular weight is 137 g/mol. The SMILES string of the molecule is Cc1ccncc1CNN. The van der Waals surface area contributed by atoms with Gasteiger partial charge in [-0.05, 0) is 24.1 Å². The fraction of sp³-hybridized carbons (Fsp3) is 0.286. The first-order chi connectivity index (χ1) is 4.84. The molecule has 1 aromatic rings. The van der Waals surface area contributed by atoms with Crippen LogP contribution in [0.15, 0.2) is 18.5 Å². The predicted octanol–water partition coefficient (Wildman–Crippen LogP) is 0.353. The number of nitrogens with one attached hydrogen (secondary N) is 1. The normalized spacial score (nSPS) is 9.80. The van der Waals surface area contributed by atoms with Crippen molar-refractivity contribution in [3.63, 3.8) is 0 Å². The molecule has 3 N–H and O–H groups in total. The summed E-state index contributed by atoms with van der Waals surface area (Å²) in [6.45, 7) is 2.72. The molecule has 0 bridgehead atoms. The number of nitrogens with zero attached hydrogens (tertiary/aromatic N) is 1. The topological polar surface area (TPSA) is 50.9 Å². The molecule has 1 rings (SSSR count). The molecule has 0 aliphatic carbocycles. The molecule has 0 atom stereocenters. The van der Waals surface area contributed by atoms with Gasteiger partial charge in [-0.3, -0.25) is 16.3 Å². The summed E-state index contributed by atoms with van der Waals surface area (Å²) in [5.41, 5.74) is 4.94. The minimum Gasteiger partial charge on any atom is -0.271 e. The quantitative estimate of drug-likeness (QED) is 0.457. The lowest BCUT2D eigenvalue weighted by molar-refractivity contribution is 0.734. The van der Waals surface area contributed by atoms with E-state index in [1.807, 2.05) is 19.2 Å². The van der Waals surface area contributed by atoms with Crippen molar-refractivity contribution in [1.82, 2.24) is 10.4 Å². The van der Waals surface area contributed by atoms with Crippen LogP contribution in [0, 0.1) is 6.92 Å². The molecule has 54 valence electrons. The lowest BCUT2D eigenvalue weighted by Crippen LogP contribution is -2.21. The summed E-state index contributed by atoms with van der Waals surface area (Å²) in [6, 6.07) is 1.96. The van der Waals surface area contributed by atoms with Crippen molar-refractivity contribution in [2.45, 2.75) is 13.5 Å². The van der Waals surface area contributed by atoms with E-state index in [1.54, 1.807) is 6.20 Å². The van der Waals surface area contributed by atoms with E-state index in [0.29, 0.717) is 6.54 Å². The number of nitrogens with two attached hydrogens (primary N) is 1. The van der Waals surface area contributed by atoms with E-state index in [-0.39, 0.29) is 0 Å². The molecule has 0 saturated carbocycles. The second kappa shape index (κ2) is 3.29. The first-order valence-electron chi connectivity index (χ1n) is 3.17. The molecule has 3 heteroatoms. The Labute approximate surface area is 60.2 Å². The van der Waals surface area contributed by atoms with Gasteiger partial charge < -0.3 is 0 Å². The summed E-state index contributed by atoms with van der Waals surface area (Å²) in [7, 11) is 0. The Bertz CT molecular complexity index is 210. The fourth-order valence-corrected chi connectivity index (χ4v) is 0.792. The molecule has 0 radical (unpaired) electrons. The Morgan fingerprint density at radius 1 is 1.70 bits per heavy atom. The maximum atomic E-state index is 5.15. The van der Waals surface area contributed by atoms with Gasteiger partial charge in [0.25, 0.3) is 0 Å². The second-order valence-corrected chi connectivity index (χ2v) is 2.18. The molecular weight excluding hydrogens is 126 g/mol. The van der Waals surface area contributed by atoms with E-state index in [2.05, 4.69) is 10.4 Å². The third-order valence-corrected chi connectivity index (χ3v) is 1.44. The maximum Gasteiger partial charge on any atom is 0.0366 e. The molecular formula is C7H11N3. The number of hydrogen-bond donors (Lipinski definition) is 2. The molecule has 10 heavy (non-hydrogen) atoms. The zero-order chi connectivity index (χ0) is 7.40. The van der Waals surface area contributed by atoms with Crippen LogP contribution in [0.2, 0.25) is 0 Å². The molecule has 0 aliphatic heterocycles. The van der Waals surface area contributed by atoms with Crippen LogP contribution >= 0.6 is 0 Å². The van der Waals surface area contributed by atoms with E-state index >= 15 is 0 Å². The molecule has 0 spiro atoms. The largest absolute Gasteiger partial charge is 0.271 e. The van der Waals surface area contributed by atoms with Crippen LogP contribution in [0.5, 0.6) is 0 Å². The van der Waals surface area contributed by atoms with Crippen molar-refractivity contribution < 1.29 is 0 Å². The van der Waals surface area contributed by atoms with Gasteiger partial charge in [-0.15, -0.1) is 0 Å². The Morgan fingerprint density at radius 2 is 2.50 bits per heavy atom. The van der Waals surface area contributed by atoms with Crippen LogP contribution in [0.4, 0.5) is 0 Å². The highest BCUT2D eigenvalue weighted by Crippen LogP contribution is 2.02. The van der Waals surface area contributed by atoms with Crippen molar-refractivity contribution in [3.8, 4) is 0 Å². The van der Waals surface area contributed by atoms with Crippen molar-refractivity contribution in [2.24, 2.45) is 5.84 Å². The highest BCUT2D eigenvalue weighted by atomic mass is 15.2. The van der Waals surface area contributed by atoms with Crippen LogP contribution in [0.1, 0.15) is 11.1 Å². The summed E-state index contributed by atoms with van der Waals surface area (Å²) < 4.78 is 0. The molecule has 0 amide bonds. The molecule has 0 unspecified atom stereocenters. The molecule has 3 nitrogen and oxygen atoms in total. The van der Waals surface area contributed by atoms with Crippen LogP contribution in [-0.2, 0) is 6.54 Å². The molecule has 1 heterocycles. The van der Waals surface area contributed by atoms with Gasteiger partial charge in [-0.2, -0.15) is 0 Å². The van der Waals surface area contributed by atoms with E-state index in [4.69, 9.17) is 5.84 Å². The summed E-state index contributed by atoms with van der Waals surface area (Å²) in [4.78, 5) is 3.97. The van der Waals surface area contributed by atoms with Gasteiger partial charge in [0.05, 0.1) is 0 Å². The van der Waals surface area contributed by atoms with E-state index in [9.17, 15) is 0 Å². The second-order valence-electron chi connectivity index (χ2n) is 2.18. The van der Waals surface area contributed by atoms with Crippen LogP contribution < -0.4 is 11.3 Å². The van der Waals surface area contributed by atoms with Gasteiger partial charge in [-0.25, -0.2) is 0 Å². The fourth-order valence-electron chi connectivity index (χ4n) is 0.792. The van der Waals surface area contributed by atoms with E-state index in [0.717, 1.165) is 5.56 Å². The average Bonchev–Trinajstić information content (AvgIpc) is 1.94. The number of aromatic nitrogens is 1. The number of hydrazine groups is 1. The first-order valence-corrected chi connectivity index (χ1v) is 3.17. The number of rotatable bonds is 2. The predicted molar refractivity (Wildman–Crippen MR) is 40.0 cm³/mol. The molecule has 0 aromatic carbocycles. The monoisotopic (exact) mass is 137 g/mol. The standard InChI is InChI=1S/C7H11N3/c1-6-2-3-9-4-7(6)5-10-8/h2-4,10H,5,8H2,1H3. The van der Waals surface area contributed by atoms with Gasteiger partial charge in [0.15, 0.2) is 0 Å². The Kier molecular flexibility index (Phi) is 2.36. The summed E-state index contributed by atoms with van der Waals surface area (Å²) in [5.74, 6) is 5.15. The van der Waals surface area contributed by atoms with Crippen molar-refractivity contribution in [1.29, 1.82) is 0 Å². The maximum absolute atomic E-state index is 5.15. The van der Waals surface area contributed by atoms with Gasteiger partial charge >= 0.3 is 0 Å². The van der Waals surface area contributed by atoms with Gasteiger partial charge in [0.2, 0.25) is 0 Å². The first kappa shape index (κ1) is 7.18. The molecule has 0 aliphatic rings. The number of aryl methyl sites for hydroxylation is 1. The zero-order valence-electron chi connectivity index (χ0n) is 5.96. The van der Waals surface area contributed by atoms with Crippen molar-refractivity contribution >= 4 is 0 Å². The van der Waals surface area contributed by atoms with Gasteiger partial charge in [0, 0.05) is 18.9 Å². The summed E-state index contributed by atoms with van der Waals surface area (Å²) in [6.07, 6.45) is 3.59. The van der Waals surface area contributed by atoms with Crippen molar-refractivity contribution in [2.75, 3.05) is 0 Å². The third kappa shape index (κ3) is 1.52. The number of pyridine rings is 1. The Hall–Kier alpha value is -0.930. The molecule has 1 aromatic heterocycles. The summed E-state index contributed by atoms with van der Waals surface area (Å²) in [5, 5.41) is 0. The van der Waals surface area contributed by atoms with E-state index < -0.39 is 0 Å². The highest BCUT2D eigenvalue weighted by Gasteiger charge is 1.93. The lowest BCUT2D eigenvalue weighted by atomic mass is 10.2. The minimum absolute atomic E-state index is 0.680. The van der Waals surface area contributed by atoms with Crippen molar-refractivity contribution in [3.05, 3.63) is 29.6 Å². The van der Waals surface area contributed by atoms with Crippen LogP contribution in [-0.4, -0.2) is 4.98 Å². The zero-order valence-corrected chi connectivity index (χ0v) is 5.96. The lowest BCUT2D eigenvalue weighted by Gasteiger charge is -2.01. The van der Waals surface area contributed by atoms with Gasteiger partial charge in [0.1, 0.15) is 0 Å². The highest BCUT2D eigenvalue weighted by molar-refractivity contribution is 5.20. The van der Waals surface area contributed by atoms with Crippen LogP contribution in [0.25, 0.3) is 0 Å². The smallest absolute Gasteiger partial charge is 0.0366 e. The van der Waals surface area contributed by atoms with Gasteiger partial charge in [-0.1, -0.05) is 0 Å². The number of hydrogen-bond acceptors (Lipinski definition) is 3. The Balaban J connectivity index is 2.81. The third-order valence-electron chi connectivity index (χ3n) is 1.44. The Morgan fingerprint density at radius 3 is 3.10 bits per heavy atom. The van der Waals surface area contributed by atoms with E-state index in [1.165, 1.54) is 5.56 Å². The molecule has 0 fully saturated rings. The summed E-state index contributed by atoms with van der Waals surface area (Å²) >= 11 is 0.